The van der Waals surface area contributed by atoms with Gasteiger partial charge in [0.25, 0.3) is 5.91 Å². The van der Waals surface area contributed by atoms with Crippen LogP contribution in [0, 0.1) is 0 Å². The van der Waals surface area contributed by atoms with Crippen LogP contribution < -0.4 is 10.6 Å². The van der Waals surface area contributed by atoms with Crippen LogP contribution in [0.25, 0.3) is 11.1 Å². The van der Waals surface area contributed by atoms with Crippen molar-refractivity contribution in [2.75, 3.05) is 11.9 Å². The zero-order chi connectivity index (χ0) is 23.5. The average molecular weight is 448 g/mol. The van der Waals surface area contributed by atoms with Crippen molar-refractivity contribution in [1.29, 1.82) is 0 Å². The fraction of sp³-hybridized carbons (Fsp3) is 0.250. The number of carbonyl (C=O) groups excluding carboxylic acids is 2. The van der Waals surface area contributed by atoms with Crippen molar-refractivity contribution >= 4 is 23.8 Å². The van der Waals surface area contributed by atoms with E-state index >= 15 is 0 Å². The molecule has 1 atom stereocenters. The number of fused-ring (bicyclic) bond motifs is 3. The number of carboxylic acids is 1. The van der Waals surface area contributed by atoms with Crippen LogP contribution in [-0.2, 0) is 16.6 Å². The smallest absolute Gasteiger partial charge is 0.412 e. The second kappa shape index (κ2) is 9.15. The summed E-state index contributed by atoms with van der Waals surface area (Å²) in [5, 5.41) is 18.1. The number of ether oxygens (including phenoxy) is 1. The second-order valence-electron chi connectivity index (χ2n) is 7.99. The molecule has 2 amide bonds. The highest BCUT2D eigenvalue weighted by molar-refractivity contribution is 6.01. The van der Waals surface area contributed by atoms with Crippen LogP contribution in [0.1, 0.15) is 40.7 Å². The van der Waals surface area contributed by atoms with E-state index in [-0.39, 0.29) is 30.3 Å². The molecule has 0 fully saturated rings. The normalized spacial score (nSPS) is 13.0. The monoisotopic (exact) mass is 448 g/mol. The molecule has 33 heavy (non-hydrogen) atoms. The average Bonchev–Trinajstić information content (AvgIpc) is 3.29. The number of benzene rings is 2. The van der Waals surface area contributed by atoms with Crippen molar-refractivity contribution in [3.63, 3.8) is 0 Å². The number of rotatable bonds is 7. The lowest BCUT2D eigenvalue weighted by Crippen LogP contribution is -2.34. The topological polar surface area (TPSA) is 123 Å². The highest BCUT2D eigenvalue weighted by Gasteiger charge is 2.29. The largest absolute Gasteiger partial charge is 0.481 e. The van der Waals surface area contributed by atoms with Crippen LogP contribution in [0.15, 0.2) is 54.7 Å². The number of carboxylic acid groups (broad SMARTS) is 1. The van der Waals surface area contributed by atoms with E-state index in [2.05, 4.69) is 27.9 Å². The van der Waals surface area contributed by atoms with Gasteiger partial charge in [0, 0.05) is 25.2 Å². The van der Waals surface area contributed by atoms with Crippen LogP contribution in [0.5, 0.6) is 0 Å². The van der Waals surface area contributed by atoms with Crippen molar-refractivity contribution in [2.24, 2.45) is 7.05 Å². The Labute approximate surface area is 190 Å². The van der Waals surface area contributed by atoms with Crippen LogP contribution in [0.3, 0.4) is 0 Å². The number of carbonyl (C=O) groups is 3. The van der Waals surface area contributed by atoms with E-state index in [9.17, 15) is 14.4 Å². The summed E-state index contributed by atoms with van der Waals surface area (Å²) >= 11 is 0. The Morgan fingerprint density at radius 3 is 2.30 bits per heavy atom. The van der Waals surface area contributed by atoms with Gasteiger partial charge in [-0.15, -0.1) is 0 Å². The number of anilines is 1. The van der Waals surface area contributed by atoms with E-state index in [0.29, 0.717) is 0 Å². The first-order chi connectivity index (χ1) is 15.8. The number of aromatic nitrogens is 2. The number of nitrogens with zero attached hydrogens (tertiary/aromatic N) is 2. The van der Waals surface area contributed by atoms with E-state index in [4.69, 9.17) is 9.84 Å². The van der Waals surface area contributed by atoms with Gasteiger partial charge in [-0.25, -0.2) is 4.79 Å². The number of amides is 2. The summed E-state index contributed by atoms with van der Waals surface area (Å²) in [6.45, 7) is 1.71. The molecule has 1 heterocycles. The van der Waals surface area contributed by atoms with Crippen LogP contribution in [0.4, 0.5) is 10.6 Å². The van der Waals surface area contributed by atoms with E-state index in [1.807, 2.05) is 36.4 Å². The molecular weight excluding hydrogens is 424 g/mol. The van der Waals surface area contributed by atoms with Gasteiger partial charge in [-0.05, 0) is 29.2 Å². The molecule has 170 valence electrons. The first-order valence-corrected chi connectivity index (χ1v) is 10.5. The number of nitrogens with one attached hydrogen (secondary N) is 2. The highest BCUT2D eigenvalue weighted by Crippen LogP contribution is 2.44. The molecule has 9 heteroatoms. The van der Waals surface area contributed by atoms with Gasteiger partial charge in [-0.2, -0.15) is 5.10 Å². The van der Waals surface area contributed by atoms with Crippen molar-refractivity contribution in [3.8, 4) is 11.1 Å². The van der Waals surface area contributed by atoms with Gasteiger partial charge in [-0.1, -0.05) is 48.5 Å². The van der Waals surface area contributed by atoms with Gasteiger partial charge in [0.2, 0.25) is 0 Å². The molecule has 0 bridgehead atoms. The number of hydrogen-bond donors (Lipinski definition) is 3. The van der Waals surface area contributed by atoms with Crippen LogP contribution in [0.2, 0.25) is 0 Å². The van der Waals surface area contributed by atoms with E-state index in [0.717, 1.165) is 22.3 Å². The molecule has 0 saturated carbocycles. The molecule has 0 spiro atoms. The molecule has 3 N–H and O–H groups in total. The summed E-state index contributed by atoms with van der Waals surface area (Å²) in [4.78, 5) is 35.9. The zero-order valence-corrected chi connectivity index (χ0v) is 18.2. The summed E-state index contributed by atoms with van der Waals surface area (Å²) in [6.07, 6.45) is 0.492. The molecule has 9 nitrogen and oxygen atoms in total. The van der Waals surface area contributed by atoms with Crippen molar-refractivity contribution in [3.05, 3.63) is 71.4 Å². The number of hydrogen-bond acceptors (Lipinski definition) is 5. The molecule has 0 unspecified atom stereocenters. The Morgan fingerprint density at radius 2 is 1.70 bits per heavy atom. The minimum Gasteiger partial charge on any atom is -0.481 e. The van der Waals surface area contributed by atoms with E-state index in [1.165, 1.54) is 10.9 Å². The van der Waals surface area contributed by atoms with E-state index < -0.39 is 24.0 Å². The Hall–Kier alpha value is -4.14. The predicted molar refractivity (Wildman–Crippen MR) is 121 cm³/mol. The van der Waals surface area contributed by atoms with Gasteiger partial charge in [0.1, 0.15) is 12.2 Å². The Balaban J connectivity index is 1.43. The SMILES string of the molecule is C[C@H](CC(=O)O)NC(=O)c1cn(C)nc1NC(=O)OCC1c2ccccc2-c2ccccc21. The summed E-state index contributed by atoms with van der Waals surface area (Å²) in [7, 11) is 1.61. The van der Waals surface area contributed by atoms with Gasteiger partial charge in [-0.3, -0.25) is 19.6 Å². The fourth-order valence-electron chi connectivity index (χ4n) is 4.09. The third kappa shape index (κ3) is 4.72. The molecule has 2 aromatic carbocycles. The van der Waals surface area contributed by atoms with Gasteiger partial charge < -0.3 is 15.2 Å². The maximum Gasteiger partial charge on any atom is 0.412 e. The van der Waals surface area contributed by atoms with Gasteiger partial charge in [0.05, 0.1) is 6.42 Å². The molecule has 1 aliphatic carbocycles. The maximum absolute atomic E-state index is 12.6. The third-order valence-corrected chi connectivity index (χ3v) is 5.50. The standard InChI is InChI=1S/C24H24N4O5/c1-14(11-21(29)30)25-23(31)19-12-28(2)27-22(19)26-24(32)33-13-20-17-9-5-3-7-15(17)16-8-4-6-10-18(16)20/h3-10,12,14,20H,11,13H2,1-2H3,(H,25,31)(H,29,30)(H,26,27,32)/t14-/m1/s1. The number of aryl methyl sites for hydroxylation is 1. The molecular formula is C24H24N4O5. The third-order valence-electron chi connectivity index (χ3n) is 5.50. The first-order valence-electron chi connectivity index (χ1n) is 10.5. The minimum atomic E-state index is -1.02. The van der Waals surface area contributed by atoms with E-state index in [1.54, 1.807) is 14.0 Å². The molecule has 0 saturated heterocycles. The molecule has 4 rings (SSSR count). The lowest BCUT2D eigenvalue weighted by molar-refractivity contribution is -0.137. The Bertz CT molecular complexity index is 1170. The van der Waals surface area contributed by atoms with Crippen LogP contribution >= 0.6 is 0 Å². The molecule has 1 aromatic heterocycles. The molecule has 0 radical (unpaired) electrons. The minimum absolute atomic E-state index is 0.0368. The summed E-state index contributed by atoms with van der Waals surface area (Å²) < 4.78 is 6.90. The molecule has 1 aliphatic rings. The zero-order valence-electron chi connectivity index (χ0n) is 18.2. The van der Waals surface area contributed by atoms with Crippen LogP contribution in [-0.4, -0.2) is 45.5 Å². The van der Waals surface area contributed by atoms with Gasteiger partial charge >= 0.3 is 12.1 Å². The predicted octanol–water partition coefficient (Wildman–Crippen LogP) is 3.37. The summed E-state index contributed by atoms with van der Waals surface area (Å²) in [6, 6.07) is 15.5. The summed E-state index contributed by atoms with van der Waals surface area (Å²) in [5.41, 5.74) is 4.56. The molecule has 0 aliphatic heterocycles. The highest BCUT2D eigenvalue weighted by atomic mass is 16.5. The summed E-state index contributed by atoms with van der Waals surface area (Å²) in [5.74, 6) is -1.61. The van der Waals surface area contributed by atoms with Crippen molar-refractivity contribution in [2.45, 2.75) is 25.3 Å². The lowest BCUT2D eigenvalue weighted by atomic mass is 9.98. The Kier molecular flexibility index (Phi) is 6.12. The maximum atomic E-state index is 12.6. The van der Waals surface area contributed by atoms with Crippen molar-refractivity contribution < 1.29 is 24.2 Å². The second-order valence-corrected chi connectivity index (χ2v) is 7.99. The molecule has 3 aromatic rings. The quantitative estimate of drug-likeness (QED) is 0.509. The first kappa shape index (κ1) is 22.1. The van der Waals surface area contributed by atoms with Gasteiger partial charge in [0.15, 0.2) is 5.82 Å². The Morgan fingerprint density at radius 1 is 1.09 bits per heavy atom. The van der Waals surface area contributed by atoms with Crippen molar-refractivity contribution in [1.82, 2.24) is 15.1 Å². The fourth-order valence-corrected chi connectivity index (χ4v) is 4.09. The lowest BCUT2D eigenvalue weighted by Gasteiger charge is -2.14. The number of aliphatic carboxylic acids is 1.